The van der Waals surface area contributed by atoms with Crippen molar-refractivity contribution < 1.29 is 14.4 Å². The molecule has 0 fully saturated rings. The lowest BCUT2D eigenvalue weighted by molar-refractivity contribution is -0.118. The third kappa shape index (κ3) is 3.17. The minimum atomic E-state index is -0.575. The van der Waals surface area contributed by atoms with Gasteiger partial charge in [-0.15, -0.1) is 0 Å². The summed E-state index contributed by atoms with van der Waals surface area (Å²) in [6, 6.07) is 16.1. The highest BCUT2D eigenvalue weighted by Crippen LogP contribution is 2.35. The van der Waals surface area contributed by atoms with Crippen LogP contribution in [0.1, 0.15) is 27.6 Å². The SMILES string of the molecule is CC1=NN(c2ccccc2)C(=O)[C@@H]1C=NC1=C[C@H]2C(=O)c3ccccc3C(=O)[C@H]2C=C1. The number of hydrogen-bond acceptors (Lipinski definition) is 5. The van der Waals surface area contributed by atoms with E-state index in [1.54, 1.807) is 55.6 Å². The Morgan fingerprint density at radius 2 is 1.55 bits per heavy atom. The number of ketones is 2. The fourth-order valence-corrected chi connectivity index (χ4v) is 4.18. The molecule has 2 aliphatic carbocycles. The van der Waals surface area contributed by atoms with E-state index in [0.29, 0.717) is 28.2 Å². The number of hydrogen-bond donors (Lipinski definition) is 0. The fourth-order valence-electron chi connectivity index (χ4n) is 4.18. The smallest absolute Gasteiger partial charge is 0.261 e. The van der Waals surface area contributed by atoms with E-state index in [0.717, 1.165) is 0 Å². The monoisotopic (exact) mass is 409 g/mol. The third-order valence-corrected chi connectivity index (χ3v) is 5.83. The number of Topliss-reactive ketones (excluding diaryl/α,β-unsaturated/α-hetero) is 2. The maximum atomic E-state index is 12.9. The maximum Gasteiger partial charge on any atom is 0.261 e. The largest absolute Gasteiger partial charge is 0.293 e. The highest BCUT2D eigenvalue weighted by atomic mass is 16.2. The zero-order valence-electron chi connectivity index (χ0n) is 16.8. The Bertz CT molecular complexity index is 1220. The van der Waals surface area contributed by atoms with Gasteiger partial charge in [-0.2, -0.15) is 10.1 Å². The molecular formula is C25H19N3O3. The van der Waals surface area contributed by atoms with Crippen LogP contribution in [-0.2, 0) is 4.79 Å². The predicted molar refractivity (Wildman–Crippen MR) is 118 cm³/mol. The molecule has 2 aromatic rings. The number of hydrazone groups is 1. The summed E-state index contributed by atoms with van der Waals surface area (Å²) in [4.78, 5) is 43.0. The highest BCUT2D eigenvalue weighted by molar-refractivity contribution is 6.23. The second kappa shape index (κ2) is 7.40. The van der Waals surface area contributed by atoms with E-state index < -0.39 is 17.8 Å². The number of aliphatic imine (C=N–C) groups is 1. The topological polar surface area (TPSA) is 79.2 Å². The first-order valence-corrected chi connectivity index (χ1v) is 10.1. The van der Waals surface area contributed by atoms with Crippen molar-refractivity contribution in [3.05, 3.63) is 89.6 Å². The number of carbonyl (C=O) groups excluding carboxylic acids is 3. The number of rotatable bonds is 3. The Labute approximate surface area is 179 Å². The molecular weight excluding hydrogens is 390 g/mol. The second-order valence-corrected chi connectivity index (χ2v) is 7.76. The summed E-state index contributed by atoms with van der Waals surface area (Å²) in [5, 5.41) is 5.75. The van der Waals surface area contributed by atoms with Gasteiger partial charge in [0.15, 0.2) is 11.6 Å². The predicted octanol–water partition coefficient (Wildman–Crippen LogP) is 3.86. The lowest BCUT2D eigenvalue weighted by Crippen LogP contribution is -2.35. The van der Waals surface area contributed by atoms with E-state index in [9.17, 15) is 14.4 Å². The van der Waals surface area contributed by atoms with Crippen LogP contribution in [0.25, 0.3) is 0 Å². The second-order valence-electron chi connectivity index (χ2n) is 7.76. The Hall–Kier alpha value is -3.93. The minimum absolute atomic E-state index is 0.0526. The molecule has 0 saturated heterocycles. The number of allylic oxidation sites excluding steroid dienone is 3. The molecule has 3 atom stereocenters. The fraction of sp³-hybridized carbons (Fsp3) is 0.160. The molecule has 1 aliphatic heterocycles. The quantitative estimate of drug-likeness (QED) is 0.722. The molecule has 0 aromatic heterocycles. The van der Waals surface area contributed by atoms with Crippen LogP contribution in [0.15, 0.2) is 88.6 Å². The Balaban J connectivity index is 1.38. The Morgan fingerprint density at radius 1 is 0.903 bits per heavy atom. The van der Waals surface area contributed by atoms with Crippen LogP contribution in [0.5, 0.6) is 0 Å². The van der Waals surface area contributed by atoms with Crippen molar-refractivity contribution >= 4 is 35.1 Å². The minimum Gasteiger partial charge on any atom is -0.293 e. The zero-order chi connectivity index (χ0) is 21.5. The standard InChI is InChI=1S/C25H19N3O3/c1-15-22(25(31)28(27-15)17-7-3-2-4-8-17)14-26-16-11-12-20-21(13-16)24(30)19-10-6-5-9-18(19)23(20)29/h2-14,20-22H,1H3/t20-,21+,22+/m0/s1. The van der Waals surface area contributed by atoms with Gasteiger partial charge in [0.05, 0.1) is 28.9 Å². The first-order chi connectivity index (χ1) is 15.0. The third-order valence-electron chi connectivity index (χ3n) is 5.83. The van der Waals surface area contributed by atoms with Gasteiger partial charge in [0, 0.05) is 17.3 Å². The van der Waals surface area contributed by atoms with Gasteiger partial charge in [-0.25, -0.2) is 0 Å². The molecule has 0 radical (unpaired) electrons. The van der Waals surface area contributed by atoms with E-state index in [1.165, 1.54) is 5.01 Å². The van der Waals surface area contributed by atoms with E-state index in [2.05, 4.69) is 10.1 Å². The van der Waals surface area contributed by atoms with Gasteiger partial charge in [-0.05, 0) is 31.2 Å². The van der Waals surface area contributed by atoms with E-state index in [4.69, 9.17) is 0 Å². The van der Waals surface area contributed by atoms with Gasteiger partial charge in [0.1, 0.15) is 5.92 Å². The molecule has 0 saturated carbocycles. The maximum absolute atomic E-state index is 12.9. The lowest BCUT2D eigenvalue weighted by atomic mass is 9.72. The summed E-state index contributed by atoms with van der Waals surface area (Å²) < 4.78 is 0. The molecule has 6 nitrogen and oxygen atoms in total. The van der Waals surface area contributed by atoms with Crippen molar-refractivity contribution in [2.75, 3.05) is 5.01 Å². The van der Waals surface area contributed by atoms with Gasteiger partial charge >= 0.3 is 0 Å². The first kappa shape index (κ1) is 19.1. The molecule has 0 N–H and O–H groups in total. The van der Waals surface area contributed by atoms with Crippen LogP contribution < -0.4 is 5.01 Å². The van der Waals surface area contributed by atoms with E-state index >= 15 is 0 Å². The van der Waals surface area contributed by atoms with Crippen LogP contribution in [-0.4, -0.2) is 29.4 Å². The molecule has 0 spiro atoms. The molecule has 1 amide bonds. The molecule has 1 heterocycles. The number of carbonyl (C=O) groups is 3. The van der Waals surface area contributed by atoms with Gasteiger partial charge < -0.3 is 0 Å². The van der Waals surface area contributed by atoms with Crippen molar-refractivity contribution in [2.45, 2.75) is 6.92 Å². The van der Waals surface area contributed by atoms with Gasteiger partial charge in [-0.3, -0.25) is 19.4 Å². The first-order valence-electron chi connectivity index (χ1n) is 10.1. The number of benzene rings is 2. The number of nitrogens with zero attached hydrogens (tertiary/aromatic N) is 3. The van der Waals surface area contributed by atoms with Crippen molar-refractivity contribution in [1.29, 1.82) is 0 Å². The summed E-state index contributed by atoms with van der Waals surface area (Å²) in [5.74, 6) is -1.97. The zero-order valence-corrected chi connectivity index (χ0v) is 16.8. The van der Waals surface area contributed by atoms with Gasteiger partial charge in [0.25, 0.3) is 5.91 Å². The number of anilines is 1. The molecule has 3 aliphatic rings. The van der Waals surface area contributed by atoms with Gasteiger partial charge in [-0.1, -0.05) is 48.5 Å². The summed E-state index contributed by atoms with van der Waals surface area (Å²) >= 11 is 0. The molecule has 6 heteroatoms. The highest BCUT2D eigenvalue weighted by Gasteiger charge is 2.40. The normalized spacial score (nSPS) is 24.9. The summed E-state index contributed by atoms with van der Waals surface area (Å²) in [6.45, 7) is 1.79. The van der Waals surface area contributed by atoms with Crippen LogP contribution in [0.4, 0.5) is 5.69 Å². The summed E-state index contributed by atoms with van der Waals surface area (Å²) in [5.41, 5.74) is 2.83. The Morgan fingerprint density at radius 3 is 2.26 bits per heavy atom. The van der Waals surface area contributed by atoms with Gasteiger partial charge in [0.2, 0.25) is 0 Å². The molecule has 0 bridgehead atoms. The van der Waals surface area contributed by atoms with Crippen LogP contribution in [0, 0.1) is 17.8 Å². The molecule has 5 rings (SSSR count). The molecule has 152 valence electrons. The molecule has 31 heavy (non-hydrogen) atoms. The Kier molecular flexibility index (Phi) is 4.55. The summed E-state index contributed by atoms with van der Waals surface area (Å²) in [7, 11) is 0. The lowest BCUT2D eigenvalue weighted by Gasteiger charge is -2.29. The molecule has 2 aromatic carbocycles. The van der Waals surface area contributed by atoms with Crippen LogP contribution >= 0.6 is 0 Å². The average molecular weight is 409 g/mol. The van der Waals surface area contributed by atoms with Crippen LogP contribution in [0.2, 0.25) is 0 Å². The van der Waals surface area contributed by atoms with E-state index in [-0.39, 0.29) is 17.5 Å². The van der Waals surface area contributed by atoms with Crippen molar-refractivity contribution in [3.8, 4) is 0 Å². The van der Waals surface area contributed by atoms with Crippen molar-refractivity contribution in [1.82, 2.24) is 0 Å². The van der Waals surface area contributed by atoms with Crippen LogP contribution in [0.3, 0.4) is 0 Å². The van der Waals surface area contributed by atoms with E-state index in [1.807, 2.05) is 30.3 Å². The number of fused-ring (bicyclic) bond motifs is 2. The molecule has 0 unspecified atom stereocenters. The number of para-hydroxylation sites is 1. The van der Waals surface area contributed by atoms with Crippen molar-refractivity contribution in [2.24, 2.45) is 27.8 Å². The average Bonchev–Trinajstić information content (AvgIpc) is 3.09. The van der Waals surface area contributed by atoms with Crippen molar-refractivity contribution in [3.63, 3.8) is 0 Å². The summed E-state index contributed by atoms with van der Waals surface area (Å²) in [6.07, 6.45) is 6.75. The number of amides is 1.